The van der Waals surface area contributed by atoms with Gasteiger partial charge in [0.2, 0.25) is 0 Å². The summed E-state index contributed by atoms with van der Waals surface area (Å²) in [5.74, 6) is 0. The number of anilines is 1. The predicted molar refractivity (Wildman–Crippen MR) is 52.7 cm³/mol. The fourth-order valence-electron chi connectivity index (χ4n) is 1.12. The monoisotopic (exact) mass is 213 g/mol. The summed E-state index contributed by atoms with van der Waals surface area (Å²) >= 11 is 3.41. The minimum atomic E-state index is 0.873. The number of hydrogen-bond donors (Lipinski definition) is 1. The molecule has 1 nitrogen and oxygen atoms in total. The maximum Gasteiger partial charge on any atom is 0.0491 e. The second kappa shape index (κ2) is 3.26. The smallest absolute Gasteiger partial charge is 0.0491 e. The summed E-state index contributed by atoms with van der Waals surface area (Å²) in [6.45, 7) is 4.18. The third kappa shape index (κ3) is 1.74. The Hall–Kier alpha value is -0.500. The van der Waals surface area contributed by atoms with Gasteiger partial charge in [-0.15, -0.1) is 0 Å². The third-order valence-electron chi connectivity index (χ3n) is 1.74. The Kier molecular flexibility index (Phi) is 2.55. The Morgan fingerprint density at radius 3 is 2.64 bits per heavy atom. The number of nitrogens with two attached hydrogens (primary N) is 1. The van der Waals surface area contributed by atoms with Crippen LogP contribution in [-0.4, -0.2) is 0 Å². The molecule has 0 aliphatic heterocycles. The van der Waals surface area contributed by atoms with Gasteiger partial charge in [0.1, 0.15) is 0 Å². The van der Waals surface area contributed by atoms with E-state index in [0.29, 0.717) is 0 Å². The largest absolute Gasteiger partial charge is 0.398 e. The second-order valence-electron chi connectivity index (χ2n) is 2.67. The molecule has 0 saturated heterocycles. The summed E-state index contributed by atoms with van der Waals surface area (Å²) < 4.78 is 1.01. The zero-order chi connectivity index (χ0) is 8.43. The topological polar surface area (TPSA) is 26.0 Å². The van der Waals surface area contributed by atoms with Crippen LogP contribution in [0.3, 0.4) is 0 Å². The highest BCUT2D eigenvalue weighted by Gasteiger charge is 2.01. The minimum absolute atomic E-state index is 0.873. The lowest BCUT2D eigenvalue weighted by molar-refractivity contribution is 1.13. The molecule has 1 rings (SSSR count). The Morgan fingerprint density at radius 1 is 1.45 bits per heavy atom. The zero-order valence-corrected chi connectivity index (χ0v) is 8.40. The van der Waals surface area contributed by atoms with Crippen LogP contribution < -0.4 is 5.73 Å². The SMILES string of the molecule is CCc1cc(C)cc(Br)c1N. The number of benzene rings is 1. The van der Waals surface area contributed by atoms with Crippen LogP contribution in [0.4, 0.5) is 5.69 Å². The molecule has 2 N–H and O–H groups in total. The Balaban J connectivity index is 3.24. The fraction of sp³-hybridized carbons (Fsp3) is 0.333. The highest BCUT2D eigenvalue weighted by molar-refractivity contribution is 9.10. The molecule has 2 heteroatoms. The predicted octanol–water partition coefficient (Wildman–Crippen LogP) is 2.90. The molecule has 0 radical (unpaired) electrons. The number of aryl methyl sites for hydroxylation is 2. The van der Waals surface area contributed by atoms with Gasteiger partial charge in [0.25, 0.3) is 0 Å². The van der Waals surface area contributed by atoms with Crippen molar-refractivity contribution < 1.29 is 0 Å². The van der Waals surface area contributed by atoms with E-state index < -0.39 is 0 Å². The van der Waals surface area contributed by atoms with Gasteiger partial charge in [0, 0.05) is 10.2 Å². The number of rotatable bonds is 1. The number of halogens is 1. The van der Waals surface area contributed by atoms with Crippen LogP contribution in [0.2, 0.25) is 0 Å². The first-order valence-electron chi connectivity index (χ1n) is 3.69. The summed E-state index contributed by atoms with van der Waals surface area (Å²) in [5, 5.41) is 0. The minimum Gasteiger partial charge on any atom is -0.398 e. The standard InChI is InChI=1S/C9H12BrN/c1-3-7-4-6(2)5-8(10)9(7)11/h4-5H,3,11H2,1-2H3. The molecule has 0 bridgehead atoms. The van der Waals surface area contributed by atoms with Crippen molar-refractivity contribution in [3.63, 3.8) is 0 Å². The normalized spacial score (nSPS) is 10.1. The molecule has 0 fully saturated rings. The van der Waals surface area contributed by atoms with E-state index in [1.807, 2.05) is 6.07 Å². The molecule has 1 aromatic rings. The van der Waals surface area contributed by atoms with Gasteiger partial charge in [0.05, 0.1) is 0 Å². The van der Waals surface area contributed by atoms with Gasteiger partial charge in [-0.05, 0) is 46.5 Å². The first kappa shape index (κ1) is 8.60. The lowest BCUT2D eigenvalue weighted by Gasteiger charge is -2.06. The fourth-order valence-corrected chi connectivity index (χ4v) is 1.73. The van der Waals surface area contributed by atoms with Crippen molar-refractivity contribution in [1.29, 1.82) is 0 Å². The zero-order valence-electron chi connectivity index (χ0n) is 6.82. The molecule has 0 aromatic heterocycles. The van der Waals surface area contributed by atoms with E-state index in [1.54, 1.807) is 0 Å². The molecule has 0 atom stereocenters. The molecule has 60 valence electrons. The Bertz CT molecular complexity index is 269. The molecule has 11 heavy (non-hydrogen) atoms. The first-order chi connectivity index (χ1) is 5.15. The average Bonchev–Trinajstić information content (AvgIpc) is 1.96. The van der Waals surface area contributed by atoms with Crippen molar-refractivity contribution in [3.8, 4) is 0 Å². The van der Waals surface area contributed by atoms with Crippen LogP contribution >= 0.6 is 15.9 Å². The maximum absolute atomic E-state index is 5.82. The van der Waals surface area contributed by atoms with Crippen LogP contribution in [0.5, 0.6) is 0 Å². The van der Waals surface area contributed by atoms with Crippen LogP contribution in [0, 0.1) is 6.92 Å². The maximum atomic E-state index is 5.82. The molecule has 0 unspecified atom stereocenters. The van der Waals surface area contributed by atoms with E-state index in [2.05, 4.69) is 35.8 Å². The van der Waals surface area contributed by atoms with Crippen LogP contribution in [-0.2, 0) is 6.42 Å². The molecule has 1 aromatic carbocycles. The molecule has 0 amide bonds. The van der Waals surface area contributed by atoms with Gasteiger partial charge in [-0.2, -0.15) is 0 Å². The van der Waals surface area contributed by atoms with Gasteiger partial charge in [0.15, 0.2) is 0 Å². The summed E-state index contributed by atoms with van der Waals surface area (Å²) in [5.41, 5.74) is 9.16. The summed E-state index contributed by atoms with van der Waals surface area (Å²) in [4.78, 5) is 0. The van der Waals surface area contributed by atoms with Gasteiger partial charge < -0.3 is 5.73 Å². The van der Waals surface area contributed by atoms with Gasteiger partial charge >= 0.3 is 0 Å². The van der Waals surface area contributed by atoms with E-state index in [-0.39, 0.29) is 0 Å². The highest BCUT2D eigenvalue weighted by Crippen LogP contribution is 2.25. The van der Waals surface area contributed by atoms with Crippen molar-refractivity contribution >= 4 is 21.6 Å². The number of hydrogen-bond acceptors (Lipinski definition) is 1. The van der Waals surface area contributed by atoms with E-state index in [0.717, 1.165) is 16.6 Å². The van der Waals surface area contributed by atoms with Crippen molar-refractivity contribution in [2.75, 3.05) is 5.73 Å². The lowest BCUT2D eigenvalue weighted by Crippen LogP contribution is -1.94. The summed E-state index contributed by atoms with van der Waals surface area (Å²) in [6.07, 6.45) is 0.992. The molecular weight excluding hydrogens is 202 g/mol. The van der Waals surface area contributed by atoms with Crippen molar-refractivity contribution in [1.82, 2.24) is 0 Å². The quantitative estimate of drug-likeness (QED) is 0.714. The van der Waals surface area contributed by atoms with E-state index >= 15 is 0 Å². The first-order valence-corrected chi connectivity index (χ1v) is 4.49. The highest BCUT2D eigenvalue weighted by atomic mass is 79.9. The van der Waals surface area contributed by atoms with Gasteiger partial charge in [-0.1, -0.05) is 13.0 Å². The van der Waals surface area contributed by atoms with Crippen LogP contribution in [0.25, 0.3) is 0 Å². The Labute approximate surface area is 75.7 Å². The van der Waals surface area contributed by atoms with E-state index in [4.69, 9.17) is 5.73 Å². The molecule has 0 saturated carbocycles. The van der Waals surface area contributed by atoms with Crippen molar-refractivity contribution in [2.24, 2.45) is 0 Å². The molecule has 0 aliphatic rings. The van der Waals surface area contributed by atoms with Gasteiger partial charge in [-0.25, -0.2) is 0 Å². The molecule has 0 aliphatic carbocycles. The van der Waals surface area contributed by atoms with Crippen LogP contribution in [0.15, 0.2) is 16.6 Å². The molecule has 0 heterocycles. The number of nitrogen functional groups attached to an aromatic ring is 1. The van der Waals surface area contributed by atoms with Gasteiger partial charge in [-0.3, -0.25) is 0 Å². The second-order valence-corrected chi connectivity index (χ2v) is 3.53. The van der Waals surface area contributed by atoms with E-state index in [1.165, 1.54) is 11.1 Å². The van der Waals surface area contributed by atoms with Crippen LogP contribution in [0.1, 0.15) is 18.1 Å². The van der Waals surface area contributed by atoms with E-state index in [9.17, 15) is 0 Å². The van der Waals surface area contributed by atoms with Crippen molar-refractivity contribution in [3.05, 3.63) is 27.7 Å². The lowest BCUT2D eigenvalue weighted by atomic mass is 10.1. The average molecular weight is 214 g/mol. The third-order valence-corrected chi connectivity index (χ3v) is 2.40. The molecular formula is C9H12BrN. The van der Waals surface area contributed by atoms with Crippen molar-refractivity contribution in [2.45, 2.75) is 20.3 Å². The summed E-state index contributed by atoms with van der Waals surface area (Å²) in [6, 6.07) is 4.16. The molecule has 0 spiro atoms. The summed E-state index contributed by atoms with van der Waals surface area (Å²) in [7, 11) is 0. The Morgan fingerprint density at radius 2 is 2.09 bits per heavy atom.